The van der Waals surface area contributed by atoms with E-state index in [0.29, 0.717) is 44.3 Å². The molecule has 0 spiro atoms. The van der Waals surface area contributed by atoms with E-state index in [9.17, 15) is 13.2 Å². The number of ether oxygens (including phenoxy) is 2. The molecule has 1 aliphatic heterocycles. The van der Waals surface area contributed by atoms with Crippen LogP contribution in [-0.2, 0) is 21.4 Å². The molecule has 0 radical (unpaired) electrons. The summed E-state index contributed by atoms with van der Waals surface area (Å²) in [6.45, 7) is 6.34. The molecule has 32 heavy (non-hydrogen) atoms. The average Bonchev–Trinajstić information content (AvgIpc) is 3.34. The van der Waals surface area contributed by atoms with Gasteiger partial charge in [0.05, 0.1) is 18.1 Å². The fourth-order valence-electron chi connectivity index (χ4n) is 3.45. The lowest BCUT2D eigenvalue weighted by Gasteiger charge is -2.15. The van der Waals surface area contributed by atoms with E-state index < -0.39 is 10.0 Å². The van der Waals surface area contributed by atoms with Crippen molar-refractivity contribution in [3.05, 3.63) is 59.7 Å². The molecule has 2 aromatic rings. The zero-order chi connectivity index (χ0) is 23.0. The first kappa shape index (κ1) is 23.8. The summed E-state index contributed by atoms with van der Waals surface area (Å²) in [6.07, 6.45) is 4.97. The van der Waals surface area contributed by atoms with E-state index in [2.05, 4.69) is 5.32 Å². The summed E-state index contributed by atoms with van der Waals surface area (Å²) in [5.74, 6) is 1.07. The molecule has 1 aliphatic rings. The highest BCUT2D eigenvalue weighted by Gasteiger charge is 2.26. The summed E-state index contributed by atoms with van der Waals surface area (Å²) >= 11 is 0. The molecule has 2 aromatic carbocycles. The van der Waals surface area contributed by atoms with Gasteiger partial charge in [0.15, 0.2) is 11.5 Å². The van der Waals surface area contributed by atoms with Crippen molar-refractivity contribution in [2.24, 2.45) is 0 Å². The van der Waals surface area contributed by atoms with Gasteiger partial charge in [-0.2, -0.15) is 4.31 Å². The Morgan fingerprint density at radius 1 is 1.00 bits per heavy atom. The van der Waals surface area contributed by atoms with Gasteiger partial charge in [0, 0.05) is 25.7 Å². The van der Waals surface area contributed by atoms with Gasteiger partial charge in [-0.05, 0) is 68.2 Å². The third-order valence-electron chi connectivity index (χ3n) is 5.09. The first-order valence-electron chi connectivity index (χ1n) is 10.9. The van der Waals surface area contributed by atoms with E-state index >= 15 is 0 Å². The minimum Gasteiger partial charge on any atom is -0.490 e. The predicted molar refractivity (Wildman–Crippen MR) is 124 cm³/mol. The molecular weight excluding hydrogens is 428 g/mol. The molecular formula is C24H30N2O5S. The zero-order valence-electron chi connectivity index (χ0n) is 18.5. The van der Waals surface area contributed by atoms with Crippen LogP contribution in [0, 0.1) is 0 Å². The predicted octanol–water partition coefficient (Wildman–Crippen LogP) is 3.60. The van der Waals surface area contributed by atoms with E-state index in [4.69, 9.17) is 9.47 Å². The normalized spacial score (nSPS) is 14.6. The molecule has 3 rings (SSSR count). The Kier molecular flexibility index (Phi) is 8.30. The molecule has 8 heteroatoms. The van der Waals surface area contributed by atoms with Crippen molar-refractivity contribution >= 4 is 22.0 Å². The van der Waals surface area contributed by atoms with E-state index in [0.717, 1.165) is 24.0 Å². The monoisotopic (exact) mass is 458 g/mol. The molecule has 0 aliphatic carbocycles. The fraction of sp³-hybridized carbons (Fsp3) is 0.375. The van der Waals surface area contributed by atoms with Crippen molar-refractivity contribution in [1.29, 1.82) is 0 Å². The minimum atomic E-state index is -3.43. The number of nitrogens with zero attached hydrogens (tertiary/aromatic N) is 1. The molecule has 7 nitrogen and oxygen atoms in total. The molecule has 1 N–H and O–H groups in total. The van der Waals surface area contributed by atoms with Gasteiger partial charge in [0.2, 0.25) is 15.9 Å². The number of rotatable bonds is 10. The summed E-state index contributed by atoms with van der Waals surface area (Å²) in [7, 11) is -3.43. The second kappa shape index (κ2) is 11.2. The number of hydrogen-bond donors (Lipinski definition) is 1. The Morgan fingerprint density at radius 3 is 2.31 bits per heavy atom. The van der Waals surface area contributed by atoms with Crippen LogP contribution in [0.5, 0.6) is 11.5 Å². The number of sulfonamides is 1. The quantitative estimate of drug-likeness (QED) is 0.550. The Hall–Kier alpha value is -2.84. The lowest BCUT2D eigenvalue weighted by Crippen LogP contribution is -2.27. The summed E-state index contributed by atoms with van der Waals surface area (Å²) in [5.41, 5.74) is 1.65. The molecule has 1 fully saturated rings. The van der Waals surface area contributed by atoms with Crippen molar-refractivity contribution in [2.45, 2.75) is 38.1 Å². The van der Waals surface area contributed by atoms with Gasteiger partial charge in [-0.25, -0.2) is 8.42 Å². The van der Waals surface area contributed by atoms with Crippen molar-refractivity contribution < 1.29 is 22.7 Å². The Morgan fingerprint density at radius 2 is 1.66 bits per heavy atom. The Labute approximate surface area is 190 Å². The standard InChI is InChI=1S/C24H30N2O5S/c1-3-30-22-13-9-19(17-23(22)31-4-2)10-14-24(27)25-18-20-7-11-21(12-8-20)32(28,29)26-15-5-6-16-26/h7-14,17H,3-6,15-16,18H2,1-2H3,(H,25,27)/b14-10+. The maximum absolute atomic E-state index is 12.6. The van der Waals surface area contributed by atoms with Crippen molar-refractivity contribution in [2.75, 3.05) is 26.3 Å². The van der Waals surface area contributed by atoms with Crippen LogP contribution in [0.15, 0.2) is 53.4 Å². The zero-order valence-corrected chi connectivity index (χ0v) is 19.4. The number of carbonyl (C=O) groups is 1. The molecule has 1 heterocycles. The molecule has 1 amide bonds. The van der Waals surface area contributed by atoms with Crippen LogP contribution >= 0.6 is 0 Å². The second-order valence-electron chi connectivity index (χ2n) is 7.38. The molecule has 172 valence electrons. The van der Waals surface area contributed by atoms with Gasteiger partial charge in [-0.15, -0.1) is 0 Å². The number of amides is 1. The topological polar surface area (TPSA) is 84.9 Å². The van der Waals surface area contributed by atoms with E-state index in [1.54, 1.807) is 30.3 Å². The molecule has 0 aromatic heterocycles. The van der Waals surface area contributed by atoms with Gasteiger partial charge in [0.25, 0.3) is 0 Å². The number of benzene rings is 2. The van der Waals surface area contributed by atoms with Crippen LogP contribution < -0.4 is 14.8 Å². The largest absolute Gasteiger partial charge is 0.490 e. The van der Waals surface area contributed by atoms with Crippen LogP contribution in [0.4, 0.5) is 0 Å². The summed E-state index contributed by atoms with van der Waals surface area (Å²) in [6, 6.07) is 12.2. The van der Waals surface area contributed by atoms with E-state index in [-0.39, 0.29) is 10.8 Å². The maximum atomic E-state index is 12.6. The van der Waals surface area contributed by atoms with Gasteiger partial charge in [0.1, 0.15) is 0 Å². The maximum Gasteiger partial charge on any atom is 0.244 e. The van der Waals surface area contributed by atoms with Crippen molar-refractivity contribution in [3.8, 4) is 11.5 Å². The first-order chi connectivity index (χ1) is 15.4. The summed E-state index contributed by atoms with van der Waals surface area (Å²) in [5, 5.41) is 2.81. The molecule has 1 saturated heterocycles. The lowest BCUT2D eigenvalue weighted by molar-refractivity contribution is -0.116. The molecule has 0 atom stereocenters. The minimum absolute atomic E-state index is 0.245. The van der Waals surface area contributed by atoms with Crippen LogP contribution in [0.2, 0.25) is 0 Å². The SMILES string of the molecule is CCOc1ccc(/C=C/C(=O)NCc2ccc(S(=O)(=O)N3CCCC3)cc2)cc1OCC. The highest BCUT2D eigenvalue weighted by atomic mass is 32.2. The van der Waals surface area contributed by atoms with E-state index in [1.807, 2.05) is 32.0 Å². The Balaban J connectivity index is 1.56. The highest BCUT2D eigenvalue weighted by molar-refractivity contribution is 7.89. The van der Waals surface area contributed by atoms with Crippen LogP contribution in [0.25, 0.3) is 6.08 Å². The highest BCUT2D eigenvalue weighted by Crippen LogP contribution is 2.29. The summed E-state index contributed by atoms with van der Waals surface area (Å²) < 4.78 is 37.8. The number of nitrogens with one attached hydrogen (secondary N) is 1. The number of hydrogen-bond acceptors (Lipinski definition) is 5. The van der Waals surface area contributed by atoms with Crippen LogP contribution in [0.1, 0.15) is 37.8 Å². The van der Waals surface area contributed by atoms with E-state index in [1.165, 1.54) is 10.4 Å². The van der Waals surface area contributed by atoms with Gasteiger partial charge >= 0.3 is 0 Å². The average molecular weight is 459 g/mol. The molecule has 0 bridgehead atoms. The van der Waals surface area contributed by atoms with Crippen LogP contribution in [0.3, 0.4) is 0 Å². The lowest BCUT2D eigenvalue weighted by atomic mass is 10.2. The van der Waals surface area contributed by atoms with Gasteiger partial charge in [-0.3, -0.25) is 4.79 Å². The summed E-state index contributed by atoms with van der Waals surface area (Å²) in [4.78, 5) is 12.5. The Bertz CT molecular complexity index is 1040. The van der Waals surface area contributed by atoms with Crippen LogP contribution in [-0.4, -0.2) is 44.9 Å². The third kappa shape index (κ3) is 6.11. The number of carbonyl (C=O) groups excluding carboxylic acids is 1. The fourth-order valence-corrected chi connectivity index (χ4v) is 4.97. The third-order valence-corrected chi connectivity index (χ3v) is 7.00. The molecule has 0 saturated carbocycles. The second-order valence-corrected chi connectivity index (χ2v) is 9.32. The molecule has 0 unspecified atom stereocenters. The smallest absolute Gasteiger partial charge is 0.244 e. The van der Waals surface area contributed by atoms with Crippen molar-refractivity contribution in [3.63, 3.8) is 0 Å². The van der Waals surface area contributed by atoms with Crippen molar-refractivity contribution in [1.82, 2.24) is 9.62 Å². The first-order valence-corrected chi connectivity index (χ1v) is 12.3. The van der Waals surface area contributed by atoms with Gasteiger partial charge in [-0.1, -0.05) is 18.2 Å². The van der Waals surface area contributed by atoms with Gasteiger partial charge < -0.3 is 14.8 Å².